The predicted molar refractivity (Wildman–Crippen MR) is 94.6 cm³/mol. The van der Waals surface area contributed by atoms with Gasteiger partial charge in [0.15, 0.2) is 0 Å². The third kappa shape index (κ3) is 4.57. The lowest BCUT2D eigenvalue weighted by Gasteiger charge is -2.35. The highest BCUT2D eigenvalue weighted by atomic mass is 19.1. The van der Waals surface area contributed by atoms with Crippen molar-refractivity contribution >= 4 is 5.91 Å². The van der Waals surface area contributed by atoms with E-state index in [0.717, 1.165) is 11.6 Å². The Balaban J connectivity index is 2.24. The van der Waals surface area contributed by atoms with Gasteiger partial charge in [0.2, 0.25) is 5.91 Å². The highest BCUT2D eigenvalue weighted by Gasteiger charge is 2.41. The summed E-state index contributed by atoms with van der Waals surface area (Å²) in [6, 6.07) is 13.1. The molecule has 0 saturated carbocycles. The molecule has 0 fully saturated rings. The van der Waals surface area contributed by atoms with Crippen LogP contribution >= 0.6 is 0 Å². The van der Waals surface area contributed by atoms with Crippen molar-refractivity contribution in [3.8, 4) is 5.75 Å². The van der Waals surface area contributed by atoms with Crippen LogP contribution in [-0.4, -0.2) is 21.7 Å². The molecular weight excluding hydrogens is 321 g/mol. The van der Waals surface area contributed by atoms with Crippen LogP contribution in [0.25, 0.3) is 0 Å². The molecule has 0 aromatic heterocycles. The number of amides is 1. The lowest BCUT2D eigenvalue weighted by Crippen LogP contribution is -2.48. The molecule has 134 valence electrons. The number of halogens is 1. The van der Waals surface area contributed by atoms with Crippen LogP contribution in [0.4, 0.5) is 4.39 Å². The van der Waals surface area contributed by atoms with Gasteiger partial charge in [-0.25, -0.2) is 4.39 Å². The molecule has 0 aliphatic heterocycles. The quantitative estimate of drug-likeness (QED) is 0.721. The van der Waals surface area contributed by atoms with Crippen LogP contribution in [0.2, 0.25) is 0 Å². The van der Waals surface area contributed by atoms with Crippen molar-refractivity contribution in [2.45, 2.75) is 44.1 Å². The molecule has 2 aromatic rings. The Hall–Kier alpha value is -2.40. The van der Waals surface area contributed by atoms with Crippen molar-refractivity contribution in [2.24, 2.45) is 5.73 Å². The first-order valence-electron chi connectivity index (χ1n) is 8.19. The summed E-state index contributed by atoms with van der Waals surface area (Å²) in [6.45, 7) is 3.47. The number of aliphatic hydroxyl groups is 1. The zero-order valence-electron chi connectivity index (χ0n) is 14.5. The van der Waals surface area contributed by atoms with E-state index >= 15 is 0 Å². The number of phenols is 1. The fraction of sp³-hybridized carbons (Fsp3) is 0.350. The second-order valence-corrected chi connectivity index (χ2v) is 7.10. The average molecular weight is 345 g/mol. The fourth-order valence-electron chi connectivity index (χ4n) is 3.17. The van der Waals surface area contributed by atoms with Gasteiger partial charge in [-0.05, 0) is 48.4 Å². The SMILES string of the molecule is CC(C)(CC(O)(CCc1ccccc1)C(N)=O)c1cc(F)ccc1O. The first kappa shape index (κ1) is 18.9. The smallest absolute Gasteiger partial charge is 0.249 e. The normalized spacial score (nSPS) is 14.1. The number of primary amides is 1. The van der Waals surface area contributed by atoms with Gasteiger partial charge in [0.05, 0.1) is 0 Å². The van der Waals surface area contributed by atoms with E-state index in [9.17, 15) is 19.4 Å². The maximum atomic E-state index is 13.6. The van der Waals surface area contributed by atoms with Gasteiger partial charge in [-0.15, -0.1) is 0 Å². The zero-order valence-corrected chi connectivity index (χ0v) is 14.5. The summed E-state index contributed by atoms with van der Waals surface area (Å²) in [5.74, 6) is -1.40. The summed E-state index contributed by atoms with van der Waals surface area (Å²) in [5.41, 5.74) is 4.15. The molecule has 1 atom stereocenters. The van der Waals surface area contributed by atoms with Gasteiger partial charge in [0.25, 0.3) is 0 Å². The Morgan fingerprint density at radius 3 is 2.40 bits per heavy atom. The van der Waals surface area contributed by atoms with Crippen LogP contribution in [0, 0.1) is 5.82 Å². The van der Waals surface area contributed by atoms with E-state index in [1.807, 2.05) is 30.3 Å². The number of hydrogen-bond donors (Lipinski definition) is 3. The molecule has 5 heteroatoms. The summed E-state index contributed by atoms with van der Waals surface area (Å²) in [7, 11) is 0. The molecule has 0 radical (unpaired) electrons. The fourth-order valence-corrected chi connectivity index (χ4v) is 3.17. The second-order valence-electron chi connectivity index (χ2n) is 7.10. The lowest BCUT2D eigenvalue weighted by atomic mass is 9.73. The van der Waals surface area contributed by atoms with Gasteiger partial charge < -0.3 is 15.9 Å². The predicted octanol–water partition coefficient (Wildman–Crippen LogP) is 3.05. The monoisotopic (exact) mass is 345 g/mol. The van der Waals surface area contributed by atoms with Crippen LogP contribution in [0.15, 0.2) is 48.5 Å². The van der Waals surface area contributed by atoms with Crippen molar-refractivity contribution < 1.29 is 19.4 Å². The van der Waals surface area contributed by atoms with E-state index in [0.29, 0.717) is 12.0 Å². The van der Waals surface area contributed by atoms with E-state index in [2.05, 4.69) is 0 Å². The Morgan fingerprint density at radius 2 is 1.80 bits per heavy atom. The number of phenolic OH excluding ortho intramolecular Hbond substituents is 1. The van der Waals surface area contributed by atoms with Crippen molar-refractivity contribution in [3.63, 3.8) is 0 Å². The number of carbonyl (C=O) groups excluding carboxylic acids is 1. The average Bonchev–Trinajstić information content (AvgIpc) is 2.55. The molecule has 0 heterocycles. The molecule has 1 unspecified atom stereocenters. The molecule has 0 bridgehead atoms. The maximum absolute atomic E-state index is 13.6. The molecule has 1 amide bonds. The minimum atomic E-state index is -1.77. The van der Waals surface area contributed by atoms with E-state index in [1.54, 1.807) is 13.8 Å². The van der Waals surface area contributed by atoms with Crippen molar-refractivity contribution in [3.05, 3.63) is 65.5 Å². The number of rotatable bonds is 7. The number of nitrogens with two attached hydrogens (primary N) is 1. The standard InChI is InChI=1S/C20H24FNO3/c1-19(2,16-12-15(21)8-9-17(16)23)13-20(25,18(22)24)11-10-14-6-4-3-5-7-14/h3-9,12,23,25H,10-11,13H2,1-2H3,(H2,22,24). The number of hydrogen-bond acceptors (Lipinski definition) is 3. The molecular formula is C20H24FNO3. The van der Waals surface area contributed by atoms with Crippen LogP contribution in [0.1, 0.15) is 37.8 Å². The third-order valence-corrected chi connectivity index (χ3v) is 4.55. The van der Waals surface area contributed by atoms with Crippen LogP contribution in [0.5, 0.6) is 5.75 Å². The molecule has 4 nitrogen and oxygen atoms in total. The Labute approximate surface area is 147 Å². The summed E-state index contributed by atoms with van der Waals surface area (Å²) < 4.78 is 13.6. The highest BCUT2D eigenvalue weighted by Crippen LogP contribution is 2.39. The molecule has 2 rings (SSSR count). The Kier molecular flexibility index (Phi) is 5.48. The summed E-state index contributed by atoms with van der Waals surface area (Å²) in [6.07, 6.45) is 0.594. The van der Waals surface area contributed by atoms with E-state index in [4.69, 9.17) is 5.73 Å². The molecule has 4 N–H and O–H groups in total. The third-order valence-electron chi connectivity index (χ3n) is 4.55. The van der Waals surface area contributed by atoms with Crippen molar-refractivity contribution in [1.29, 1.82) is 0 Å². The molecule has 0 aliphatic carbocycles. The van der Waals surface area contributed by atoms with Crippen LogP contribution < -0.4 is 5.73 Å². The van der Waals surface area contributed by atoms with Gasteiger partial charge in [0.1, 0.15) is 17.2 Å². The van der Waals surface area contributed by atoms with E-state index in [-0.39, 0.29) is 18.6 Å². The Morgan fingerprint density at radius 1 is 1.16 bits per heavy atom. The van der Waals surface area contributed by atoms with E-state index in [1.165, 1.54) is 12.1 Å². The van der Waals surface area contributed by atoms with Gasteiger partial charge in [-0.2, -0.15) is 0 Å². The van der Waals surface area contributed by atoms with Crippen molar-refractivity contribution in [2.75, 3.05) is 0 Å². The lowest BCUT2D eigenvalue weighted by molar-refractivity contribution is -0.139. The van der Waals surface area contributed by atoms with Crippen LogP contribution in [0.3, 0.4) is 0 Å². The van der Waals surface area contributed by atoms with Gasteiger partial charge in [-0.3, -0.25) is 4.79 Å². The van der Waals surface area contributed by atoms with Gasteiger partial charge in [-0.1, -0.05) is 44.2 Å². The summed E-state index contributed by atoms with van der Waals surface area (Å²) >= 11 is 0. The number of aromatic hydroxyl groups is 1. The van der Waals surface area contributed by atoms with Gasteiger partial charge in [0, 0.05) is 5.56 Å². The molecule has 0 spiro atoms. The summed E-state index contributed by atoms with van der Waals surface area (Å²) in [5, 5.41) is 20.9. The summed E-state index contributed by atoms with van der Waals surface area (Å²) in [4.78, 5) is 11.9. The number of carbonyl (C=O) groups is 1. The molecule has 0 saturated heterocycles. The van der Waals surface area contributed by atoms with Gasteiger partial charge >= 0.3 is 0 Å². The topological polar surface area (TPSA) is 83.5 Å². The number of aryl methyl sites for hydroxylation is 1. The molecule has 25 heavy (non-hydrogen) atoms. The van der Waals surface area contributed by atoms with Crippen molar-refractivity contribution in [1.82, 2.24) is 0 Å². The maximum Gasteiger partial charge on any atom is 0.249 e. The van der Waals surface area contributed by atoms with Crippen LogP contribution in [-0.2, 0) is 16.6 Å². The Bertz CT molecular complexity index is 746. The zero-order chi connectivity index (χ0) is 18.7. The minimum absolute atomic E-state index is 0.0286. The molecule has 0 aliphatic rings. The largest absolute Gasteiger partial charge is 0.508 e. The minimum Gasteiger partial charge on any atom is -0.508 e. The highest BCUT2D eigenvalue weighted by molar-refractivity contribution is 5.83. The number of benzene rings is 2. The van der Waals surface area contributed by atoms with E-state index < -0.39 is 22.7 Å². The first-order valence-corrected chi connectivity index (χ1v) is 8.19. The molecule has 2 aromatic carbocycles. The second kappa shape index (κ2) is 7.23. The first-order chi connectivity index (χ1) is 11.6.